The minimum absolute atomic E-state index is 0.0415. The zero-order valence-electron chi connectivity index (χ0n) is 15.1. The third-order valence-corrected chi connectivity index (χ3v) is 4.43. The number of nitrogens with one attached hydrogen (secondary N) is 1. The highest BCUT2D eigenvalue weighted by Gasteiger charge is 2.16. The SMILES string of the molecule is CC(C)(C)c1ccc(-c2cc(-c3ccc(N)cc3)[nH]c(=O)c2C#N)cc1. The molecule has 1 heterocycles. The van der Waals surface area contributed by atoms with Gasteiger partial charge in [-0.15, -0.1) is 0 Å². The number of rotatable bonds is 2. The van der Waals surface area contributed by atoms with E-state index in [4.69, 9.17) is 5.73 Å². The lowest BCUT2D eigenvalue weighted by Crippen LogP contribution is -2.13. The maximum absolute atomic E-state index is 12.4. The predicted molar refractivity (Wildman–Crippen MR) is 106 cm³/mol. The number of aromatic amines is 1. The molecule has 0 radical (unpaired) electrons. The van der Waals surface area contributed by atoms with Crippen LogP contribution in [-0.2, 0) is 5.41 Å². The molecule has 0 aliphatic carbocycles. The fraction of sp³-hybridized carbons (Fsp3) is 0.182. The highest BCUT2D eigenvalue weighted by atomic mass is 16.1. The molecule has 3 rings (SSSR count). The Balaban J connectivity index is 2.15. The van der Waals surface area contributed by atoms with E-state index in [-0.39, 0.29) is 11.0 Å². The molecular weight excluding hydrogens is 322 g/mol. The predicted octanol–water partition coefficient (Wildman–Crippen LogP) is 4.46. The van der Waals surface area contributed by atoms with Crippen molar-refractivity contribution in [3.8, 4) is 28.5 Å². The number of nitrogens with zero attached hydrogens (tertiary/aromatic N) is 1. The molecule has 3 aromatic rings. The zero-order valence-corrected chi connectivity index (χ0v) is 15.1. The van der Waals surface area contributed by atoms with Crippen LogP contribution in [0.5, 0.6) is 0 Å². The summed E-state index contributed by atoms with van der Waals surface area (Å²) < 4.78 is 0. The van der Waals surface area contributed by atoms with Gasteiger partial charge in [0.1, 0.15) is 11.6 Å². The largest absolute Gasteiger partial charge is 0.399 e. The average molecular weight is 343 g/mol. The van der Waals surface area contributed by atoms with Gasteiger partial charge in [-0.05, 0) is 40.3 Å². The number of H-pyrrole nitrogens is 1. The maximum Gasteiger partial charge on any atom is 0.266 e. The number of benzene rings is 2. The lowest BCUT2D eigenvalue weighted by molar-refractivity contribution is 0.590. The quantitative estimate of drug-likeness (QED) is 0.674. The molecule has 0 saturated heterocycles. The van der Waals surface area contributed by atoms with Gasteiger partial charge in [0.05, 0.1) is 0 Å². The summed E-state index contributed by atoms with van der Waals surface area (Å²) in [6.07, 6.45) is 0. The number of nitriles is 1. The maximum atomic E-state index is 12.4. The first kappa shape index (κ1) is 17.5. The van der Waals surface area contributed by atoms with Gasteiger partial charge in [-0.3, -0.25) is 4.79 Å². The Morgan fingerprint density at radius 1 is 0.962 bits per heavy atom. The monoisotopic (exact) mass is 343 g/mol. The molecule has 0 unspecified atom stereocenters. The molecule has 2 aromatic carbocycles. The van der Waals surface area contributed by atoms with Gasteiger partial charge in [-0.1, -0.05) is 57.2 Å². The summed E-state index contributed by atoms with van der Waals surface area (Å²) in [7, 11) is 0. The second-order valence-electron chi connectivity index (χ2n) is 7.36. The van der Waals surface area contributed by atoms with Crippen molar-refractivity contribution in [3.05, 3.63) is 76.1 Å². The third kappa shape index (κ3) is 3.38. The second kappa shape index (κ2) is 6.53. The Kier molecular flexibility index (Phi) is 4.40. The number of hydrogen-bond donors (Lipinski definition) is 2. The van der Waals surface area contributed by atoms with Gasteiger partial charge in [0.2, 0.25) is 0 Å². The Morgan fingerprint density at radius 2 is 1.54 bits per heavy atom. The van der Waals surface area contributed by atoms with E-state index in [2.05, 4.69) is 25.8 Å². The fourth-order valence-corrected chi connectivity index (χ4v) is 2.87. The third-order valence-electron chi connectivity index (χ3n) is 4.43. The van der Waals surface area contributed by atoms with E-state index < -0.39 is 5.56 Å². The molecule has 0 saturated carbocycles. The highest BCUT2D eigenvalue weighted by molar-refractivity contribution is 5.75. The summed E-state index contributed by atoms with van der Waals surface area (Å²) in [6.45, 7) is 6.44. The van der Waals surface area contributed by atoms with Crippen molar-refractivity contribution in [3.63, 3.8) is 0 Å². The fourth-order valence-electron chi connectivity index (χ4n) is 2.87. The first-order valence-corrected chi connectivity index (χ1v) is 8.44. The van der Waals surface area contributed by atoms with E-state index in [1.54, 1.807) is 12.1 Å². The Hall–Kier alpha value is -3.32. The van der Waals surface area contributed by atoms with Gasteiger partial charge < -0.3 is 10.7 Å². The molecule has 4 nitrogen and oxygen atoms in total. The van der Waals surface area contributed by atoms with E-state index in [0.29, 0.717) is 16.9 Å². The number of nitrogens with two attached hydrogens (primary N) is 1. The van der Waals surface area contributed by atoms with Crippen LogP contribution in [-0.4, -0.2) is 4.98 Å². The smallest absolute Gasteiger partial charge is 0.266 e. The number of hydrogen-bond acceptors (Lipinski definition) is 3. The van der Waals surface area contributed by atoms with Crippen LogP contribution in [0.3, 0.4) is 0 Å². The Labute approximate surface area is 152 Å². The normalized spacial score (nSPS) is 11.2. The van der Waals surface area contributed by atoms with Gasteiger partial charge in [0, 0.05) is 16.9 Å². The second-order valence-corrected chi connectivity index (χ2v) is 7.36. The summed E-state index contributed by atoms with van der Waals surface area (Å²) in [5.41, 5.74) is 10.3. The minimum Gasteiger partial charge on any atom is -0.399 e. The number of nitrogen functional groups attached to an aromatic ring is 1. The highest BCUT2D eigenvalue weighted by Crippen LogP contribution is 2.29. The van der Waals surface area contributed by atoms with Gasteiger partial charge in [-0.25, -0.2) is 0 Å². The van der Waals surface area contributed by atoms with Crippen molar-refractivity contribution >= 4 is 5.69 Å². The summed E-state index contributed by atoms with van der Waals surface area (Å²) in [5.74, 6) is 0. The number of aromatic nitrogens is 1. The van der Waals surface area contributed by atoms with Crippen molar-refractivity contribution in [2.24, 2.45) is 0 Å². The van der Waals surface area contributed by atoms with Crippen LogP contribution in [0.25, 0.3) is 22.4 Å². The molecular formula is C22H21N3O. The van der Waals surface area contributed by atoms with Gasteiger partial charge in [0.15, 0.2) is 0 Å². The van der Waals surface area contributed by atoms with Crippen LogP contribution in [0.2, 0.25) is 0 Å². The van der Waals surface area contributed by atoms with E-state index in [0.717, 1.165) is 11.1 Å². The molecule has 0 amide bonds. The van der Waals surface area contributed by atoms with Crippen molar-refractivity contribution < 1.29 is 0 Å². The average Bonchev–Trinajstić information content (AvgIpc) is 2.61. The number of pyridine rings is 1. The molecule has 0 atom stereocenters. The van der Waals surface area contributed by atoms with Crippen LogP contribution in [0.1, 0.15) is 31.9 Å². The van der Waals surface area contributed by atoms with Crippen LogP contribution < -0.4 is 11.3 Å². The molecule has 130 valence electrons. The van der Waals surface area contributed by atoms with E-state index in [1.165, 1.54) is 5.56 Å². The zero-order chi connectivity index (χ0) is 18.9. The summed E-state index contributed by atoms with van der Waals surface area (Å²) >= 11 is 0. The van der Waals surface area contributed by atoms with Crippen molar-refractivity contribution in [2.45, 2.75) is 26.2 Å². The van der Waals surface area contributed by atoms with Crippen LogP contribution in [0.15, 0.2) is 59.4 Å². The Bertz CT molecular complexity index is 1030. The van der Waals surface area contributed by atoms with Crippen LogP contribution in [0.4, 0.5) is 5.69 Å². The first-order valence-electron chi connectivity index (χ1n) is 8.44. The molecule has 0 aliphatic rings. The first-order chi connectivity index (χ1) is 12.3. The molecule has 26 heavy (non-hydrogen) atoms. The standard InChI is InChI=1S/C22H21N3O/c1-22(2,3)16-8-4-14(5-9-16)18-12-20(25-21(26)19(18)13-23)15-6-10-17(24)11-7-15/h4-12H,24H2,1-3H3,(H,25,26). The minimum atomic E-state index is -0.392. The summed E-state index contributed by atoms with van der Waals surface area (Å²) in [4.78, 5) is 15.2. The molecule has 0 fully saturated rings. The lowest BCUT2D eigenvalue weighted by Gasteiger charge is -2.19. The van der Waals surface area contributed by atoms with E-state index in [1.807, 2.05) is 48.5 Å². The summed E-state index contributed by atoms with van der Waals surface area (Å²) in [6, 6.07) is 19.1. The van der Waals surface area contributed by atoms with E-state index in [9.17, 15) is 10.1 Å². The van der Waals surface area contributed by atoms with Crippen molar-refractivity contribution in [2.75, 3.05) is 5.73 Å². The summed E-state index contributed by atoms with van der Waals surface area (Å²) in [5, 5.41) is 9.46. The Morgan fingerprint density at radius 3 is 2.08 bits per heavy atom. The van der Waals surface area contributed by atoms with Crippen LogP contribution >= 0.6 is 0 Å². The molecule has 0 bridgehead atoms. The van der Waals surface area contributed by atoms with Gasteiger partial charge >= 0.3 is 0 Å². The van der Waals surface area contributed by atoms with Crippen molar-refractivity contribution in [1.29, 1.82) is 5.26 Å². The van der Waals surface area contributed by atoms with Gasteiger partial charge in [-0.2, -0.15) is 5.26 Å². The number of anilines is 1. The van der Waals surface area contributed by atoms with Crippen molar-refractivity contribution in [1.82, 2.24) is 4.98 Å². The van der Waals surface area contributed by atoms with E-state index >= 15 is 0 Å². The molecule has 1 aromatic heterocycles. The topological polar surface area (TPSA) is 82.7 Å². The van der Waals surface area contributed by atoms with Gasteiger partial charge in [0.25, 0.3) is 5.56 Å². The lowest BCUT2D eigenvalue weighted by atomic mass is 9.86. The molecule has 0 spiro atoms. The molecule has 0 aliphatic heterocycles. The molecule has 3 N–H and O–H groups in total. The van der Waals surface area contributed by atoms with Crippen LogP contribution in [0, 0.1) is 11.3 Å². The molecule has 4 heteroatoms.